The number of benzene rings is 2. The van der Waals surface area contributed by atoms with Crippen LogP contribution < -0.4 is 14.2 Å². The summed E-state index contributed by atoms with van der Waals surface area (Å²) in [5.74, 6) is -1.04. The summed E-state index contributed by atoms with van der Waals surface area (Å²) in [5.41, 5.74) is 0.801. The van der Waals surface area contributed by atoms with Crippen molar-refractivity contribution in [3.8, 4) is 28.4 Å². The van der Waals surface area contributed by atoms with Gasteiger partial charge >= 0.3 is 5.97 Å². The van der Waals surface area contributed by atoms with Gasteiger partial charge in [-0.15, -0.1) is 0 Å². The molecule has 2 rings (SSSR count). The molecule has 0 saturated heterocycles. The third-order valence-electron chi connectivity index (χ3n) is 3.94. The fourth-order valence-corrected chi connectivity index (χ4v) is 3.65. The van der Waals surface area contributed by atoms with Gasteiger partial charge in [-0.1, -0.05) is 18.2 Å². The Kier molecular flexibility index (Phi) is 7.68. The molecule has 0 fully saturated rings. The highest BCUT2D eigenvalue weighted by atomic mass is 127. The zero-order valence-electron chi connectivity index (χ0n) is 16.3. The van der Waals surface area contributed by atoms with Gasteiger partial charge in [-0.2, -0.15) is 0 Å². The second-order valence-electron chi connectivity index (χ2n) is 5.75. The Balaban J connectivity index is 3.13. The van der Waals surface area contributed by atoms with E-state index in [0.717, 1.165) is 3.57 Å². The van der Waals surface area contributed by atoms with Gasteiger partial charge in [-0.25, -0.2) is 4.79 Å². The molecule has 0 aliphatic heterocycles. The van der Waals surface area contributed by atoms with Crippen molar-refractivity contribution in [3.63, 3.8) is 0 Å². The van der Waals surface area contributed by atoms with Crippen LogP contribution in [0.15, 0.2) is 24.3 Å². The van der Waals surface area contributed by atoms with E-state index in [9.17, 15) is 14.7 Å². The molecule has 7 heteroatoms. The van der Waals surface area contributed by atoms with Crippen molar-refractivity contribution in [1.82, 2.24) is 0 Å². The lowest BCUT2D eigenvalue weighted by Gasteiger charge is -2.24. The Bertz CT molecular complexity index is 891. The number of hydrogen-bond donors (Lipinski definition) is 1. The van der Waals surface area contributed by atoms with Crippen molar-refractivity contribution in [3.05, 3.63) is 39.0 Å². The smallest absolute Gasteiger partial charge is 0.337 e. The molecule has 0 radical (unpaired) electrons. The minimum absolute atomic E-state index is 0.0177. The molecular weight excluding hydrogens is 475 g/mol. The Morgan fingerprint density at radius 2 is 1.43 bits per heavy atom. The summed E-state index contributed by atoms with van der Waals surface area (Å²) in [6.45, 7) is 7.52. The number of ether oxygens (including phenoxy) is 3. The highest BCUT2D eigenvalue weighted by Gasteiger charge is 2.33. The highest BCUT2D eigenvalue weighted by Crippen LogP contribution is 2.51. The number of carbonyl (C=O) groups is 2. The number of hydrogen-bond acceptors (Lipinski definition) is 5. The summed E-state index contributed by atoms with van der Waals surface area (Å²) < 4.78 is 18.2. The van der Waals surface area contributed by atoms with Crippen LogP contribution in [0.5, 0.6) is 17.2 Å². The van der Waals surface area contributed by atoms with Crippen LogP contribution in [0, 0.1) is 3.57 Å². The molecule has 0 heterocycles. The van der Waals surface area contributed by atoms with Crippen molar-refractivity contribution in [2.75, 3.05) is 19.8 Å². The zero-order chi connectivity index (χ0) is 20.8. The summed E-state index contributed by atoms with van der Waals surface area (Å²) in [7, 11) is 0. The van der Waals surface area contributed by atoms with Gasteiger partial charge in [0.05, 0.1) is 30.9 Å². The quantitative estimate of drug-likeness (QED) is 0.385. The predicted octanol–water partition coefficient (Wildman–Crippen LogP) is 5.06. The van der Waals surface area contributed by atoms with Crippen LogP contribution in [-0.4, -0.2) is 36.7 Å². The second-order valence-corrected chi connectivity index (χ2v) is 6.91. The Labute approximate surface area is 177 Å². The van der Waals surface area contributed by atoms with Gasteiger partial charge in [0.25, 0.3) is 0 Å². The lowest BCUT2D eigenvalue weighted by Crippen LogP contribution is -2.15. The minimum atomic E-state index is -1.23. The standard InChI is InChI=1S/C21H23IO6/c1-5-26-18-15(12(4)23)17(21(24)25)16(13-10-8-9-11-14(13)22)19(27-6-2)20(18)28-7-3/h8-11H,5-7H2,1-4H3,(H,24,25). The van der Waals surface area contributed by atoms with E-state index in [1.54, 1.807) is 26.8 Å². The van der Waals surface area contributed by atoms with Crippen molar-refractivity contribution >= 4 is 34.3 Å². The summed E-state index contributed by atoms with van der Waals surface area (Å²) in [4.78, 5) is 24.8. The number of carboxylic acids is 1. The van der Waals surface area contributed by atoms with Gasteiger partial charge < -0.3 is 19.3 Å². The zero-order valence-corrected chi connectivity index (χ0v) is 18.5. The first-order valence-corrected chi connectivity index (χ1v) is 10.1. The minimum Gasteiger partial charge on any atom is -0.489 e. The fraction of sp³-hybridized carbons (Fsp3) is 0.333. The normalized spacial score (nSPS) is 10.5. The van der Waals surface area contributed by atoms with E-state index in [1.807, 2.05) is 18.2 Å². The van der Waals surface area contributed by atoms with Gasteiger partial charge in [0, 0.05) is 9.13 Å². The number of rotatable bonds is 9. The van der Waals surface area contributed by atoms with E-state index in [4.69, 9.17) is 14.2 Å². The van der Waals surface area contributed by atoms with E-state index in [0.29, 0.717) is 24.3 Å². The number of ketones is 1. The van der Waals surface area contributed by atoms with Crippen LogP contribution in [0.2, 0.25) is 0 Å². The molecule has 0 atom stereocenters. The summed E-state index contributed by atoms with van der Waals surface area (Å²) in [6.07, 6.45) is 0. The van der Waals surface area contributed by atoms with Crippen LogP contribution in [-0.2, 0) is 0 Å². The number of carboxylic acid groups (broad SMARTS) is 1. The van der Waals surface area contributed by atoms with Gasteiger partial charge in [0.1, 0.15) is 0 Å². The lowest BCUT2D eigenvalue weighted by atomic mass is 9.91. The van der Waals surface area contributed by atoms with E-state index < -0.39 is 11.8 Å². The molecule has 0 spiro atoms. The van der Waals surface area contributed by atoms with Crippen LogP contribution >= 0.6 is 22.6 Å². The van der Waals surface area contributed by atoms with E-state index in [2.05, 4.69) is 22.6 Å². The molecule has 28 heavy (non-hydrogen) atoms. The lowest BCUT2D eigenvalue weighted by molar-refractivity contribution is 0.0691. The molecule has 0 bridgehead atoms. The maximum atomic E-state index is 12.5. The monoisotopic (exact) mass is 498 g/mol. The Morgan fingerprint density at radius 3 is 1.93 bits per heavy atom. The van der Waals surface area contributed by atoms with Crippen LogP contribution in [0.3, 0.4) is 0 Å². The average Bonchev–Trinajstić information content (AvgIpc) is 2.64. The van der Waals surface area contributed by atoms with Crippen molar-refractivity contribution < 1.29 is 28.9 Å². The highest BCUT2D eigenvalue weighted by molar-refractivity contribution is 14.1. The molecule has 0 unspecified atom stereocenters. The first-order chi connectivity index (χ1) is 13.4. The van der Waals surface area contributed by atoms with Crippen molar-refractivity contribution in [2.45, 2.75) is 27.7 Å². The maximum Gasteiger partial charge on any atom is 0.337 e. The second kappa shape index (κ2) is 9.77. The average molecular weight is 498 g/mol. The Hall–Kier alpha value is -2.29. The summed E-state index contributed by atoms with van der Waals surface area (Å²) >= 11 is 2.13. The molecule has 0 aliphatic rings. The first-order valence-electron chi connectivity index (χ1n) is 9.00. The van der Waals surface area contributed by atoms with Crippen molar-refractivity contribution in [1.29, 1.82) is 0 Å². The largest absolute Gasteiger partial charge is 0.489 e. The summed E-state index contributed by atoms with van der Waals surface area (Å²) in [5, 5.41) is 10.0. The molecule has 6 nitrogen and oxygen atoms in total. The number of carbonyl (C=O) groups excluding carboxylic acids is 1. The third-order valence-corrected chi connectivity index (χ3v) is 4.88. The topological polar surface area (TPSA) is 82.1 Å². The molecular formula is C21H23IO6. The molecule has 2 aromatic carbocycles. The van der Waals surface area contributed by atoms with Crippen molar-refractivity contribution in [2.24, 2.45) is 0 Å². The van der Waals surface area contributed by atoms with E-state index in [-0.39, 0.29) is 35.0 Å². The van der Waals surface area contributed by atoms with Gasteiger partial charge in [-0.3, -0.25) is 4.79 Å². The van der Waals surface area contributed by atoms with Gasteiger partial charge in [0.15, 0.2) is 17.3 Å². The van der Waals surface area contributed by atoms with Gasteiger partial charge in [0.2, 0.25) is 5.75 Å². The number of aromatic carboxylic acids is 1. The Morgan fingerprint density at radius 1 is 0.893 bits per heavy atom. The number of Topliss-reactive ketones (excluding diaryl/α,β-unsaturated/α-hetero) is 1. The molecule has 2 aromatic rings. The van der Waals surface area contributed by atoms with E-state index in [1.165, 1.54) is 6.92 Å². The summed E-state index contributed by atoms with van der Waals surface area (Å²) in [6, 6.07) is 7.33. The predicted molar refractivity (Wildman–Crippen MR) is 115 cm³/mol. The molecule has 0 amide bonds. The van der Waals surface area contributed by atoms with Crippen LogP contribution in [0.4, 0.5) is 0 Å². The molecule has 0 saturated carbocycles. The van der Waals surface area contributed by atoms with Gasteiger partial charge in [-0.05, 0) is 61.9 Å². The number of halogens is 1. The fourth-order valence-electron chi connectivity index (χ4n) is 2.99. The maximum absolute atomic E-state index is 12.5. The van der Waals surface area contributed by atoms with E-state index >= 15 is 0 Å². The first kappa shape index (κ1) is 22.0. The van der Waals surface area contributed by atoms with Crippen LogP contribution in [0.1, 0.15) is 48.4 Å². The molecule has 0 aromatic heterocycles. The molecule has 150 valence electrons. The third kappa shape index (κ3) is 4.24. The van der Waals surface area contributed by atoms with Crippen LogP contribution in [0.25, 0.3) is 11.1 Å². The molecule has 0 aliphatic carbocycles. The SMILES string of the molecule is CCOc1c(OCC)c(C(C)=O)c(C(=O)O)c(-c2ccccc2I)c1OCC. The molecule has 1 N–H and O–H groups in total.